The van der Waals surface area contributed by atoms with Crippen LogP contribution < -0.4 is 0 Å². The number of benzene rings is 7. The van der Waals surface area contributed by atoms with Crippen molar-refractivity contribution in [3.05, 3.63) is 164 Å². The van der Waals surface area contributed by atoms with Crippen molar-refractivity contribution in [1.29, 1.82) is 0 Å². The summed E-state index contributed by atoms with van der Waals surface area (Å²) in [6, 6.07) is 41.3. The van der Waals surface area contributed by atoms with Crippen molar-refractivity contribution in [3.8, 4) is 56.4 Å². The lowest BCUT2D eigenvalue weighted by atomic mass is 9.97. The van der Waals surface area contributed by atoms with Crippen LogP contribution in [0.2, 0.25) is 0 Å². The highest BCUT2D eigenvalue weighted by Crippen LogP contribution is 2.43. The molecule has 0 spiro atoms. The summed E-state index contributed by atoms with van der Waals surface area (Å²) in [6.45, 7) is 0. The van der Waals surface area contributed by atoms with Gasteiger partial charge in [-0.2, -0.15) is 0 Å². The Kier molecular flexibility index (Phi) is 5.35. The van der Waals surface area contributed by atoms with E-state index in [1.54, 1.807) is 24.3 Å². The average molecular weight is 647 g/mol. The second-order valence-electron chi connectivity index (χ2n) is 12.0. The van der Waals surface area contributed by atoms with Gasteiger partial charge in [0.05, 0.1) is 12.4 Å². The van der Waals surface area contributed by atoms with Gasteiger partial charge >= 0.3 is 0 Å². The Morgan fingerprint density at radius 2 is 0.940 bits per heavy atom. The van der Waals surface area contributed by atoms with Crippen LogP contribution in [0.3, 0.4) is 0 Å². The Balaban J connectivity index is 1.14. The molecule has 0 bridgehead atoms. The highest BCUT2D eigenvalue weighted by atomic mass is 16.3. The van der Waals surface area contributed by atoms with Crippen molar-refractivity contribution < 1.29 is 15.7 Å². The molecule has 0 N–H and O–H groups in total. The molecule has 7 aromatic carbocycles. The summed E-state index contributed by atoms with van der Waals surface area (Å²) in [5.74, 6) is 1.30. The van der Waals surface area contributed by atoms with Crippen LogP contribution in [0.1, 0.15) is 6.85 Å². The van der Waals surface area contributed by atoms with Crippen molar-refractivity contribution in [3.63, 3.8) is 0 Å². The summed E-state index contributed by atoms with van der Waals surface area (Å²) in [4.78, 5) is 14.8. The first-order valence-electron chi connectivity index (χ1n) is 18.7. The zero-order chi connectivity index (χ0) is 37.4. The van der Waals surface area contributed by atoms with Gasteiger partial charge in [0.15, 0.2) is 17.5 Å². The fraction of sp³-hybridized carbons (Fsp3) is 0. The number of hydrogen-bond donors (Lipinski definition) is 0. The van der Waals surface area contributed by atoms with Crippen molar-refractivity contribution >= 4 is 43.9 Å². The lowest BCUT2D eigenvalue weighted by Gasteiger charge is -2.09. The number of furan rings is 2. The lowest BCUT2D eigenvalue weighted by molar-refractivity contribution is 0.669. The number of hydrogen-bond acceptors (Lipinski definition) is 5. The number of para-hydroxylation sites is 3. The van der Waals surface area contributed by atoms with Gasteiger partial charge in [-0.05, 0) is 34.9 Å². The Labute approximate surface area is 294 Å². The molecule has 10 rings (SSSR count). The van der Waals surface area contributed by atoms with Crippen molar-refractivity contribution in [2.75, 3.05) is 0 Å². The fourth-order valence-corrected chi connectivity index (χ4v) is 6.73. The SMILES string of the molecule is [2H]c1c([2H])c([2H])c(-c2ccc(-c3nc(-c4ccccc4)nc(-c4cccc5c4oc4cccc(-c6cccc7c6oc6ccccc67)c45)n3)cc2)c([2H])c1[2H]. The first-order chi connectivity index (χ1) is 26.9. The molecule has 0 unspecified atom stereocenters. The van der Waals surface area contributed by atoms with E-state index in [1.807, 2.05) is 78.9 Å². The number of rotatable bonds is 5. The smallest absolute Gasteiger partial charge is 0.167 e. The van der Waals surface area contributed by atoms with E-state index in [0.717, 1.165) is 49.4 Å². The molecule has 0 aliphatic heterocycles. The van der Waals surface area contributed by atoms with E-state index in [9.17, 15) is 0 Å². The monoisotopic (exact) mass is 646 g/mol. The third-order valence-electron chi connectivity index (χ3n) is 9.06. The third-order valence-corrected chi connectivity index (χ3v) is 9.06. The number of nitrogens with zero attached hydrogens (tertiary/aromatic N) is 3. The van der Waals surface area contributed by atoms with Crippen LogP contribution in [0.25, 0.3) is 100 Å². The van der Waals surface area contributed by atoms with Gasteiger partial charge in [-0.1, -0.05) is 145 Å². The van der Waals surface area contributed by atoms with Crippen LogP contribution in [0.5, 0.6) is 0 Å². The molecule has 234 valence electrons. The molecular weight excluding hydrogens is 615 g/mol. The highest BCUT2D eigenvalue weighted by molar-refractivity contribution is 6.18. The summed E-state index contributed by atoms with van der Waals surface area (Å²) < 4.78 is 54.2. The molecule has 0 aliphatic rings. The second kappa shape index (κ2) is 11.4. The predicted octanol–water partition coefficient (Wildman–Crippen LogP) is 12.0. The molecule has 0 saturated carbocycles. The quantitative estimate of drug-likeness (QED) is 0.186. The van der Waals surface area contributed by atoms with Gasteiger partial charge in [-0.3, -0.25) is 0 Å². The van der Waals surface area contributed by atoms with Crippen molar-refractivity contribution in [2.24, 2.45) is 0 Å². The van der Waals surface area contributed by atoms with Gasteiger partial charge in [0.2, 0.25) is 0 Å². The highest BCUT2D eigenvalue weighted by Gasteiger charge is 2.21. The van der Waals surface area contributed by atoms with Gasteiger partial charge in [-0.25, -0.2) is 15.0 Å². The molecule has 10 aromatic rings. The molecule has 5 nitrogen and oxygen atoms in total. The summed E-state index contributed by atoms with van der Waals surface area (Å²) in [5.41, 5.74) is 7.73. The maximum atomic E-state index is 8.45. The maximum Gasteiger partial charge on any atom is 0.167 e. The number of fused-ring (bicyclic) bond motifs is 6. The lowest BCUT2D eigenvalue weighted by Crippen LogP contribution is -2.00. The minimum absolute atomic E-state index is 0.131. The van der Waals surface area contributed by atoms with Gasteiger partial charge in [0.1, 0.15) is 22.3 Å². The number of aromatic nitrogens is 3. The van der Waals surface area contributed by atoms with Crippen LogP contribution in [0.4, 0.5) is 0 Å². The van der Waals surface area contributed by atoms with E-state index in [-0.39, 0.29) is 29.7 Å². The van der Waals surface area contributed by atoms with Gasteiger partial charge < -0.3 is 8.83 Å². The first-order valence-corrected chi connectivity index (χ1v) is 16.2. The molecule has 3 aromatic heterocycles. The molecule has 5 heteroatoms. The molecule has 0 atom stereocenters. The molecular formula is C45H27N3O2. The summed E-state index contributed by atoms with van der Waals surface area (Å²) in [5, 5.41) is 3.97. The van der Waals surface area contributed by atoms with Crippen LogP contribution in [-0.4, -0.2) is 15.0 Å². The minimum atomic E-state index is -0.430. The normalized spacial score (nSPS) is 13.0. The predicted molar refractivity (Wildman–Crippen MR) is 202 cm³/mol. The fourth-order valence-electron chi connectivity index (χ4n) is 6.73. The molecule has 0 amide bonds. The van der Waals surface area contributed by atoms with Gasteiger partial charge in [0.25, 0.3) is 0 Å². The maximum absolute atomic E-state index is 8.45. The van der Waals surface area contributed by atoms with E-state index in [1.165, 1.54) is 0 Å². The van der Waals surface area contributed by atoms with E-state index >= 15 is 0 Å². The van der Waals surface area contributed by atoms with Crippen LogP contribution >= 0.6 is 0 Å². The van der Waals surface area contributed by atoms with Crippen LogP contribution in [0.15, 0.2) is 173 Å². The zero-order valence-corrected chi connectivity index (χ0v) is 26.4. The van der Waals surface area contributed by atoms with Crippen LogP contribution in [-0.2, 0) is 0 Å². The minimum Gasteiger partial charge on any atom is -0.455 e. The molecule has 50 heavy (non-hydrogen) atoms. The van der Waals surface area contributed by atoms with E-state index in [4.69, 9.17) is 30.6 Å². The summed E-state index contributed by atoms with van der Waals surface area (Å²) in [7, 11) is 0. The van der Waals surface area contributed by atoms with Crippen molar-refractivity contribution in [1.82, 2.24) is 15.0 Å². The largest absolute Gasteiger partial charge is 0.455 e. The second-order valence-corrected chi connectivity index (χ2v) is 12.0. The van der Waals surface area contributed by atoms with E-state index in [0.29, 0.717) is 45.3 Å². The Bertz CT molecular complexity index is 3130. The first kappa shape index (κ1) is 23.5. The summed E-state index contributed by atoms with van der Waals surface area (Å²) in [6.07, 6.45) is 0. The topological polar surface area (TPSA) is 65.0 Å². The Hall–Kier alpha value is -6.85. The zero-order valence-electron chi connectivity index (χ0n) is 31.4. The van der Waals surface area contributed by atoms with Gasteiger partial charge in [0, 0.05) is 38.2 Å². The molecule has 0 radical (unpaired) electrons. The Morgan fingerprint density at radius 3 is 1.76 bits per heavy atom. The third kappa shape index (κ3) is 4.60. The average Bonchev–Trinajstić information content (AvgIpc) is 3.82. The molecule has 3 heterocycles. The van der Waals surface area contributed by atoms with Gasteiger partial charge in [-0.15, -0.1) is 0 Å². The van der Waals surface area contributed by atoms with E-state index < -0.39 is 6.04 Å². The molecule has 0 fully saturated rings. The standard InChI is InChI=1S/C45H27N3O2/c1-3-12-28(13-4-1)29-24-26-31(27-25-29)44-46-43(30-14-5-2-6-15-30)47-45(48-44)37-21-10-20-36-40-33(17-11-23-39(40)50-42(36)37)35-19-9-18-34-32-16-7-8-22-38(32)49-41(34)35/h1-27H/i1D,3D,4D,12D,13D. The Morgan fingerprint density at radius 1 is 0.380 bits per heavy atom. The van der Waals surface area contributed by atoms with E-state index in [2.05, 4.69) is 30.3 Å². The molecule has 0 aliphatic carbocycles. The summed E-state index contributed by atoms with van der Waals surface area (Å²) >= 11 is 0. The van der Waals surface area contributed by atoms with Crippen molar-refractivity contribution in [2.45, 2.75) is 0 Å². The van der Waals surface area contributed by atoms with Crippen LogP contribution in [0, 0.1) is 0 Å². The molecule has 0 saturated heterocycles.